The number of rotatable bonds is 4. The third-order valence-corrected chi connectivity index (χ3v) is 8.76. The number of amides is 1. The van der Waals surface area contributed by atoms with Gasteiger partial charge in [0.25, 0.3) is 0 Å². The van der Waals surface area contributed by atoms with E-state index in [0.29, 0.717) is 18.7 Å². The van der Waals surface area contributed by atoms with Crippen molar-refractivity contribution >= 4 is 32.7 Å². The molecule has 0 unspecified atom stereocenters. The molecule has 4 heterocycles. The number of anilines is 1. The van der Waals surface area contributed by atoms with Crippen LogP contribution in [0.5, 0.6) is 0 Å². The van der Waals surface area contributed by atoms with Crippen molar-refractivity contribution < 1.29 is 18.3 Å². The second-order valence-electron chi connectivity index (χ2n) is 9.35. The molecule has 10 heteroatoms. The Kier molecular flexibility index (Phi) is 5.43. The quantitative estimate of drug-likeness (QED) is 0.622. The van der Waals surface area contributed by atoms with Crippen molar-refractivity contribution in [2.75, 3.05) is 16.4 Å². The number of imidazole rings is 1. The molecule has 2 aromatic heterocycles. The van der Waals surface area contributed by atoms with Gasteiger partial charge in [-0.15, -0.1) is 0 Å². The molecule has 1 N–H and O–H groups in total. The van der Waals surface area contributed by atoms with Crippen molar-refractivity contribution in [3.8, 4) is 0 Å². The van der Waals surface area contributed by atoms with E-state index in [1.807, 2.05) is 36.0 Å². The van der Waals surface area contributed by atoms with Gasteiger partial charge in [0.1, 0.15) is 5.82 Å². The third-order valence-electron chi connectivity index (χ3n) is 6.95. The van der Waals surface area contributed by atoms with Gasteiger partial charge < -0.3 is 9.67 Å². The van der Waals surface area contributed by atoms with E-state index in [1.165, 1.54) is 4.90 Å². The zero-order valence-corrected chi connectivity index (χ0v) is 19.7. The van der Waals surface area contributed by atoms with Gasteiger partial charge in [-0.3, -0.25) is 9.58 Å². The maximum absolute atomic E-state index is 12.5. The van der Waals surface area contributed by atoms with Gasteiger partial charge >= 0.3 is 6.09 Å². The highest BCUT2D eigenvalue weighted by Crippen LogP contribution is 2.39. The molecule has 3 atom stereocenters. The van der Waals surface area contributed by atoms with Gasteiger partial charge in [-0.1, -0.05) is 6.92 Å². The van der Waals surface area contributed by atoms with Crippen LogP contribution in [0.25, 0.3) is 11.0 Å². The summed E-state index contributed by atoms with van der Waals surface area (Å²) in [5, 5.41) is 14.1. The molecule has 176 valence electrons. The van der Waals surface area contributed by atoms with Crippen molar-refractivity contribution in [3.63, 3.8) is 0 Å². The third kappa shape index (κ3) is 3.90. The zero-order chi connectivity index (χ0) is 23.3. The van der Waals surface area contributed by atoms with Gasteiger partial charge in [0.15, 0.2) is 9.84 Å². The van der Waals surface area contributed by atoms with Crippen LogP contribution in [-0.2, 0) is 22.8 Å². The first-order valence-corrected chi connectivity index (χ1v) is 13.3. The van der Waals surface area contributed by atoms with Gasteiger partial charge in [-0.05, 0) is 50.8 Å². The van der Waals surface area contributed by atoms with Crippen molar-refractivity contribution in [1.82, 2.24) is 19.3 Å². The molecule has 0 radical (unpaired) electrons. The summed E-state index contributed by atoms with van der Waals surface area (Å²) in [6.45, 7) is 4.62. The van der Waals surface area contributed by atoms with Crippen LogP contribution in [0.2, 0.25) is 0 Å². The van der Waals surface area contributed by atoms with Crippen LogP contribution in [0.4, 0.5) is 10.5 Å². The molecule has 1 amide bonds. The van der Waals surface area contributed by atoms with Crippen molar-refractivity contribution in [2.45, 2.75) is 64.1 Å². The summed E-state index contributed by atoms with van der Waals surface area (Å²) >= 11 is 0. The van der Waals surface area contributed by atoms with Gasteiger partial charge in [0.2, 0.25) is 0 Å². The van der Waals surface area contributed by atoms with Crippen molar-refractivity contribution in [2.24, 2.45) is 0 Å². The summed E-state index contributed by atoms with van der Waals surface area (Å²) in [4.78, 5) is 18.4. The predicted molar refractivity (Wildman–Crippen MR) is 126 cm³/mol. The Morgan fingerprint density at radius 3 is 2.82 bits per heavy atom. The van der Waals surface area contributed by atoms with Crippen LogP contribution in [0.1, 0.15) is 56.5 Å². The lowest BCUT2D eigenvalue weighted by molar-refractivity contribution is 0.198. The fraction of sp³-hybridized carbons (Fsp3) is 0.522. The molecule has 5 rings (SSSR count). The average Bonchev–Trinajstić information content (AvgIpc) is 3.39. The minimum atomic E-state index is -3.12. The smallest absolute Gasteiger partial charge is 0.412 e. The zero-order valence-electron chi connectivity index (χ0n) is 18.9. The first-order chi connectivity index (χ1) is 15.7. The fourth-order valence-electron chi connectivity index (χ4n) is 5.41. The summed E-state index contributed by atoms with van der Waals surface area (Å²) in [6.07, 6.45) is 5.56. The normalized spacial score (nSPS) is 23.4. The van der Waals surface area contributed by atoms with E-state index in [1.54, 1.807) is 6.20 Å². The molecule has 0 spiro atoms. The molecule has 9 nitrogen and oxygen atoms in total. The number of hydrogen-bond acceptors (Lipinski definition) is 5. The topological polar surface area (TPSA) is 110 Å². The second kappa shape index (κ2) is 8.16. The maximum atomic E-state index is 12.5. The Balaban J connectivity index is 1.68. The number of nitrogens with zero attached hydrogens (tertiary/aromatic N) is 5. The maximum Gasteiger partial charge on any atom is 0.412 e. The number of fused-ring (bicyclic) bond motifs is 3. The van der Waals surface area contributed by atoms with Crippen LogP contribution in [-0.4, -0.2) is 56.5 Å². The average molecular weight is 472 g/mol. The summed E-state index contributed by atoms with van der Waals surface area (Å²) in [5.41, 5.74) is 3.29. The lowest BCUT2D eigenvalue weighted by Gasteiger charge is -2.33. The number of aryl methyl sites for hydroxylation is 1. The summed E-state index contributed by atoms with van der Waals surface area (Å²) in [7, 11) is -3.12. The molecule has 0 saturated carbocycles. The van der Waals surface area contributed by atoms with Gasteiger partial charge in [-0.25, -0.2) is 18.2 Å². The molecular formula is C23H29N5O4S. The standard InChI is InChI=1S/C23H29N5O4S/c1-15(13-26-11-4-10-24-26)22-25-21-18-7-6-16(2)27(23(29)30)19(18)8-9-20(21)28(22)17-5-3-12-33(31,32)14-17/h4,8-11,15-17H,3,5-7,12-14H2,1-2H3,(H,29,30)/t15-,16+,17+/m1/s1. The lowest BCUT2D eigenvalue weighted by Crippen LogP contribution is -2.41. The van der Waals surface area contributed by atoms with E-state index >= 15 is 0 Å². The number of carboxylic acid groups (broad SMARTS) is 1. The summed E-state index contributed by atoms with van der Waals surface area (Å²) in [5.74, 6) is 1.16. The minimum absolute atomic E-state index is 0.00401. The molecule has 2 aliphatic rings. The first kappa shape index (κ1) is 21.9. The number of benzene rings is 1. The van der Waals surface area contributed by atoms with Crippen molar-refractivity contribution in [3.05, 3.63) is 42.0 Å². The molecule has 1 saturated heterocycles. The molecule has 1 fully saturated rings. The van der Waals surface area contributed by atoms with Crippen LogP contribution in [0, 0.1) is 0 Å². The molecular weight excluding hydrogens is 442 g/mol. The van der Waals surface area contributed by atoms with Crippen LogP contribution < -0.4 is 4.90 Å². The predicted octanol–water partition coefficient (Wildman–Crippen LogP) is 3.61. The number of sulfone groups is 1. The number of aromatic nitrogens is 4. The molecule has 33 heavy (non-hydrogen) atoms. The first-order valence-electron chi connectivity index (χ1n) is 11.5. The monoisotopic (exact) mass is 471 g/mol. The van der Waals surface area contributed by atoms with E-state index in [0.717, 1.165) is 41.7 Å². The Labute approximate surface area is 192 Å². The highest BCUT2D eigenvalue weighted by atomic mass is 32.2. The van der Waals surface area contributed by atoms with Crippen LogP contribution in [0.15, 0.2) is 30.6 Å². The SMILES string of the molecule is C[C@H](Cn1cccn1)c1nc2c3c(ccc2n1[C@H]1CCCS(=O)(=O)C1)N(C(=O)O)[C@@H](C)CC3. The highest BCUT2D eigenvalue weighted by molar-refractivity contribution is 7.91. The van der Waals surface area contributed by atoms with Gasteiger partial charge in [-0.2, -0.15) is 5.10 Å². The van der Waals surface area contributed by atoms with E-state index in [9.17, 15) is 18.3 Å². The largest absolute Gasteiger partial charge is 0.465 e. The molecule has 1 aromatic carbocycles. The van der Waals surface area contributed by atoms with Crippen LogP contribution >= 0.6 is 0 Å². The fourth-order valence-corrected chi connectivity index (χ4v) is 7.09. The molecule has 0 bridgehead atoms. The van der Waals surface area contributed by atoms with E-state index in [-0.39, 0.29) is 29.5 Å². The van der Waals surface area contributed by atoms with E-state index < -0.39 is 15.9 Å². The molecule has 3 aromatic rings. The number of hydrogen-bond donors (Lipinski definition) is 1. The van der Waals surface area contributed by atoms with Gasteiger partial charge in [0.05, 0.1) is 34.8 Å². The molecule has 2 aliphatic heterocycles. The summed E-state index contributed by atoms with van der Waals surface area (Å²) < 4.78 is 29.0. The van der Waals surface area contributed by atoms with E-state index in [4.69, 9.17) is 4.98 Å². The minimum Gasteiger partial charge on any atom is -0.465 e. The van der Waals surface area contributed by atoms with Crippen molar-refractivity contribution in [1.29, 1.82) is 0 Å². The Morgan fingerprint density at radius 2 is 2.12 bits per heavy atom. The Morgan fingerprint density at radius 1 is 1.30 bits per heavy atom. The Bertz CT molecular complexity index is 1300. The lowest BCUT2D eigenvalue weighted by atomic mass is 9.95. The number of carbonyl (C=O) groups is 1. The van der Waals surface area contributed by atoms with Crippen LogP contribution in [0.3, 0.4) is 0 Å². The van der Waals surface area contributed by atoms with Gasteiger partial charge in [0, 0.05) is 36.0 Å². The van der Waals surface area contributed by atoms with E-state index in [2.05, 4.69) is 16.6 Å². The molecule has 0 aliphatic carbocycles. The highest BCUT2D eigenvalue weighted by Gasteiger charge is 2.34. The Hall–Kier alpha value is -2.88. The second-order valence-corrected chi connectivity index (χ2v) is 11.6. The summed E-state index contributed by atoms with van der Waals surface area (Å²) in [6, 6.07) is 5.37.